The lowest BCUT2D eigenvalue weighted by atomic mass is 10.2. The molecule has 0 radical (unpaired) electrons. The van der Waals surface area contributed by atoms with Crippen molar-refractivity contribution in [2.24, 2.45) is 0 Å². The molecule has 0 spiro atoms. The minimum Gasteiger partial charge on any atom is -0.462 e. The van der Waals surface area contributed by atoms with Crippen LogP contribution in [-0.4, -0.2) is 17.6 Å². The molecule has 0 saturated carbocycles. The molecule has 0 atom stereocenters. The number of carbonyl (C=O) groups excluding carboxylic acids is 1. The summed E-state index contributed by atoms with van der Waals surface area (Å²) in [6.07, 6.45) is 1.41. The number of nitrogens with one attached hydrogen (secondary N) is 1. The number of esters is 1. The third-order valence-corrected chi connectivity index (χ3v) is 4.91. The Labute approximate surface area is 159 Å². The second kappa shape index (κ2) is 7.73. The number of hydrogen-bond donors (Lipinski definition) is 1. The molecule has 7 nitrogen and oxygen atoms in total. The van der Waals surface area contributed by atoms with Gasteiger partial charge in [0.15, 0.2) is 5.58 Å². The maximum atomic E-state index is 12.0. The maximum Gasteiger partial charge on any atom is 0.348 e. The Morgan fingerprint density at radius 3 is 2.85 bits per heavy atom. The van der Waals surface area contributed by atoms with E-state index >= 15 is 0 Å². The van der Waals surface area contributed by atoms with E-state index in [1.807, 2.05) is 18.2 Å². The summed E-state index contributed by atoms with van der Waals surface area (Å²) in [4.78, 5) is 16.7. The number of ether oxygens (including phenoxy) is 1. The van der Waals surface area contributed by atoms with Crippen molar-refractivity contribution in [1.82, 2.24) is 4.98 Å². The lowest BCUT2D eigenvalue weighted by Gasteiger charge is -1.98. The Bertz CT molecular complexity index is 1100. The van der Waals surface area contributed by atoms with Crippen LogP contribution in [0.25, 0.3) is 16.7 Å². The van der Waals surface area contributed by atoms with E-state index in [0.717, 1.165) is 11.3 Å². The topological polar surface area (TPSA) is 112 Å². The minimum absolute atomic E-state index is 0.166. The first-order valence-electron chi connectivity index (χ1n) is 8.02. The van der Waals surface area contributed by atoms with Gasteiger partial charge in [0.05, 0.1) is 12.2 Å². The molecule has 1 aromatic carbocycles. The van der Waals surface area contributed by atoms with E-state index in [0.29, 0.717) is 32.1 Å². The third-order valence-electron chi connectivity index (χ3n) is 3.71. The number of nitriles is 2. The third kappa shape index (κ3) is 3.52. The van der Waals surface area contributed by atoms with Crippen LogP contribution in [0.5, 0.6) is 0 Å². The van der Waals surface area contributed by atoms with Gasteiger partial charge in [-0.2, -0.15) is 10.5 Å². The molecule has 2 aromatic heterocycles. The summed E-state index contributed by atoms with van der Waals surface area (Å²) in [5.41, 5.74) is 2.25. The second-order valence-corrected chi connectivity index (χ2v) is 6.41. The maximum absolute atomic E-state index is 12.0. The van der Waals surface area contributed by atoms with E-state index in [9.17, 15) is 15.3 Å². The molecule has 0 aliphatic rings. The molecule has 1 N–H and O–H groups in total. The fourth-order valence-electron chi connectivity index (χ4n) is 2.41. The SMILES string of the molecule is CCOC(=O)c1sc(NC=C(C#N)c2nc3ccccc3o2)c(C#N)c1C. The van der Waals surface area contributed by atoms with Gasteiger partial charge in [0.2, 0.25) is 5.89 Å². The fourth-order valence-corrected chi connectivity index (χ4v) is 3.43. The van der Waals surface area contributed by atoms with E-state index in [2.05, 4.69) is 16.4 Å². The van der Waals surface area contributed by atoms with Gasteiger partial charge in [-0.15, -0.1) is 11.3 Å². The zero-order valence-electron chi connectivity index (χ0n) is 14.6. The van der Waals surface area contributed by atoms with Crippen LogP contribution in [0.4, 0.5) is 5.00 Å². The van der Waals surface area contributed by atoms with Crippen molar-refractivity contribution < 1.29 is 13.9 Å². The second-order valence-electron chi connectivity index (χ2n) is 5.39. The van der Waals surface area contributed by atoms with Crippen molar-refractivity contribution in [3.05, 3.63) is 52.4 Å². The number of allylic oxidation sites excluding steroid dienone is 1. The Morgan fingerprint density at radius 2 is 2.19 bits per heavy atom. The van der Waals surface area contributed by atoms with Crippen molar-refractivity contribution in [1.29, 1.82) is 10.5 Å². The van der Waals surface area contributed by atoms with Gasteiger partial charge in [-0.1, -0.05) is 12.1 Å². The highest BCUT2D eigenvalue weighted by Crippen LogP contribution is 2.33. The summed E-state index contributed by atoms with van der Waals surface area (Å²) in [6.45, 7) is 3.65. The summed E-state index contributed by atoms with van der Waals surface area (Å²) in [5.74, 6) is -0.309. The normalized spacial score (nSPS) is 11.0. The number of para-hydroxylation sites is 2. The molecule has 8 heteroatoms. The zero-order valence-corrected chi connectivity index (χ0v) is 15.4. The molecule has 134 valence electrons. The van der Waals surface area contributed by atoms with E-state index in [4.69, 9.17) is 9.15 Å². The summed E-state index contributed by atoms with van der Waals surface area (Å²) in [7, 11) is 0. The van der Waals surface area contributed by atoms with Gasteiger partial charge in [0.1, 0.15) is 33.1 Å². The molecular weight excluding hydrogens is 364 g/mol. The molecular formula is C19H14N4O3S. The summed E-state index contributed by atoms with van der Waals surface area (Å²) >= 11 is 1.10. The lowest BCUT2D eigenvalue weighted by Crippen LogP contribution is -2.03. The molecule has 0 amide bonds. The number of hydrogen-bond acceptors (Lipinski definition) is 8. The molecule has 2 heterocycles. The number of fused-ring (bicyclic) bond motifs is 1. The largest absolute Gasteiger partial charge is 0.462 e. The lowest BCUT2D eigenvalue weighted by molar-refractivity contribution is 0.0531. The number of nitrogens with zero attached hydrogens (tertiary/aromatic N) is 3. The first-order valence-corrected chi connectivity index (χ1v) is 8.84. The van der Waals surface area contributed by atoms with Gasteiger partial charge in [-0.3, -0.25) is 0 Å². The average molecular weight is 378 g/mol. The summed E-state index contributed by atoms with van der Waals surface area (Å²) < 4.78 is 10.6. The van der Waals surface area contributed by atoms with Crippen molar-refractivity contribution in [2.45, 2.75) is 13.8 Å². The first kappa shape index (κ1) is 18.2. The predicted molar refractivity (Wildman–Crippen MR) is 101 cm³/mol. The Kier molecular flexibility index (Phi) is 5.20. The van der Waals surface area contributed by atoms with E-state index in [-0.39, 0.29) is 18.1 Å². The minimum atomic E-state index is -0.479. The van der Waals surface area contributed by atoms with Crippen molar-refractivity contribution >= 4 is 39.0 Å². The van der Waals surface area contributed by atoms with Crippen LogP contribution < -0.4 is 5.32 Å². The van der Waals surface area contributed by atoms with Crippen LogP contribution >= 0.6 is 11.3 Å². The van der Waals surface area contributed by atoms with E-state index in [1.54, 1.807) is 26.0 Å². The fraction of sp³-hybridized carbons (Fsp3) is 0.158. The predicted octanol–water partition coefficient (Wildman–Crippen LogP) is 4.22. The van der Waals surface area contributed by atoms with Crippen molar-refractivity contribution in [3.63, 3.8) is 0 Å². The van der Waals surface area contributed by atoms with Gasteiger partial charge in [-0.25, -0.2) is 9.78 Å². The van der Waals surface area contributed by atoms with Gasteiger partial charge in [0, 0.05) is 6.20 Å². The van der Waals surface area contributed by atoms with Crippen molar-refractivity contribution in [3.8, 4) is 12.1 Å². The number of aromatic nitrogens is 1. The summed E-state index contributed by atoms with van der Waals surface area (Å²) in [5, 5.41) is 22.2. The van der Waals surface area contributed by atoms with Gasteiger partial charge >= 0.3 is 5.97 Å². The average Bonchev–Trinajstić information content (AvgIpc) is 3.23. The highest BCUT2D eigenvalue weighted by molar-refractivity contribution is 7.18. The molecule has 0 aliphatic carbocycles. The van der Waals surface area contributed by atoms with Crippen LogP contribution in [0.3, 0.4) is 0 Å². The smallest absolute Gasteiger partial charge is 0.348 e. The molecule has 0 aliphatic heterocycles. The molecule has 0 saturated heterocycles. The van der Waals surface area contributed by atoms with E-state index in [1.165, 1.54) is 6.20 Å². The molecule has 3 aromatic rings. The van der Waals surface area contributed by atoms with Gasteiger partial charge in [0.25, 0.3) is 0 Å². The quantitative estimate of drug-likeness (QED) is 0.522. The number of oxazole rings is 1. The van der Waals surface area contributed by atoms with Crippen LogP contribution in [0.1, 0.15) is 33.6 Å². The number of rotatable bonds is 5. The molecule has 0 unspecified atom stereocenters. The Balaban J connectivity index is 1.94. The molecule has 3 rings (SSSR count). The number of carbonyl (C=O) groups is 1. The van der Waals surface area contributed by atoms with Gasteiger partial charge in [-0.05, 0) is 31.5 Å². The number of anilines is 1. The molecule has 0 bridgehead atoms. The number of benzene rings is 1. The van der Waals surface area contributed by atoms with Crippen LogP contribution in [0.2, 0.25) is 0 Å². The monoisotopic (exact) mass is 378 g/mol. The number of thiophene rings is 1. The summed E-state index contributed by atoms with van der Waals surface area (Å²) in [6, 6.07) is 11.3. The van der Waals surface area contributed by atoms with Gasteiger partial charge < -0.3 is 14.5 Å². The van der Waals surface area contributed by atoms with Crippen LogP contribution in [0.15, 0.2) is 34.9 Å². The highest BCUT2D eigenvalue weighted by Gasteiger charge is 2.21. The Morgan fingerprint density at radius 1 is 1.41 bits per heavy atom. The molecule has 0 fully saturated rings. The van der Waals surface area contributed by atoms with Crippen LogP contribution in [0, 0.1) is 29.6 Å². The molecule has 27 heavy (non-hydrogen) atoms. The highest BCUT2D eigenvalue weighted by atomic mass is 32.1. The van der Waals surface area contributed by atoms with E-state index < -0.39 is 5.97 Å². The first-order chi connectivity index (χ1) is 13.1. The zero-order chi connectivity index (χ0) is 19.4. The van der Waals surface area contributed by atoms with Crippen LogP contribution in [-0.2, 0) is 4.74 Å². The Hall–Kier alpha value is -3.62. The van der Waals surface area contributed by atoms with Crippen molar-refractivity contribution in [2.75, 3.05) is 11.9 Å². The standard InChI is InChI=1S/C19H14N4O3S/c1-3-25-19(24)16-11(2)13(9-21)18(27-16)22-10-12(8-20)17-23-14-6-4-5-7-15(14)26-17/h4-7,10,22H,3H2,1-2H3.